The second-order valence-electron chi connectivity index (χ2n) is 4.20. The third-order valence-electron chi connectivity index (χ3n) is 2.82. The lowest BCUT2D eigenvalue weighted by Crippen LogP contribution is -2.51. The molecule has 0 bridgehead atoms. The molecule has 2 aromatic rings. The Morgan fingerprint density at radius 2 is 1.95 bits per heavy atom. The van der Waals surface area contributed by atoms with Gasteiger partial charge in [-0.3, -0.25) is 4.79 Å². The Hall–Kier alpha value is -2.00. The number of hydrogen-bond donors (Lipinski definition) is 2. The minimum atomic E-state index is -4.94. The Bertz CT molecular complexity index is 604. The molecule has 2 N–H and O–H groups in total. The second kappa shape index (κ2) is 5.78. The fourth-order valence-electron chi connectivity index (χ4n) is 1.64. The van der Waals surface area contributed by atoms with Gasteiger partial charge in [-0.15, -0.1) is 0 Å². The fourth-order valence-corrected chi connectivity index (χ4v) is 2.06. The molecule has 1 atom stereocenters. The van der Waals surface area contributed by atoms with E-state index in [1.807, 2.05) is 5.32 Å². The Kier molecular flexibility index (Phi) is 4.24. The molecular weight excluding hydrogens is 307 g/mol. The van der Waals surface area contributed by atoms with Crippen LogP contribution in [0.1, 0.15) is 16.1 Å². The number of nitrogens with one attached hydrogen (secondary N) is 1. The van der Waals surface area contributed by atoms with E-state index in [1.54, 1.807) is 0 Å². The monoisotopic (exact) mass is 317 g/mol. The number of carbonyl (C=O) groups excluding carboxylic acids is 1. The van der Waals surface area contributed by atoms with Gasteiger partial charge in [-0.05, 0) is 5.56 Å². The normalized spacial score (nSPS) is 14.5. The van der Waals surface area contributed by atoms with E-state index in [2.05, 4.69) is 8.75 Å². The lowest BCUT2D eigenvalue weighted by atomic mass is 9.93. The van der Waals surface area contributed by atoms with Gasteiger partial charge in [0.05, 0.1) is 24.5 Å². The van der Waals surface area contributed by atoms with Gasteiger partial charge in [0.15, 0.2) is 5.69 Å². The lowest BCUT2D eigenvalue weighted by molar-refractivity contribution is -0.263. The van der Waals surface area contributed by atoms with Crippen LogP contribution < -0.4 is 5.32 Å². The summed E-state index contributed by atoms with van der Waals surface area (Å²) in [6, 6.07) is 6.56. The van der Waals surface area contributed by atoms with E-state index >= 15 is 0 Å². The first-order chi connectivity index (χ1) is 9.84. The number of carbonyl (C=O) groups is 1. The Labute approximate surface area is 121 Å². The molecule has 1 amide bonds. The molecule has 2 rings (SSSR count). The maximum atomic E-state index is 13.2. The summed E-state index contributed by atoms with van der Waals surface area (Å²) in [4.78, 5) is 11.6. The number of benzene rings is 1. The van der Waals surface area contributed by atoms with Crippen molar-refractivity contribution < 1.29 is 23.1 Å². The zero-order valence-electron chi connectivity index (χ0n) is 10.5. The van der Waals surface area contributed by atoms with E-state index in [0.717, 1.165) is 30.1 Å². The SMILES string of the molecule is O=C(NCC(O)(c1ccccc1)C(F)(F)F)c1cnsn1. The van der Waals surface area contributed by atoms with Crippen molar-refractivity contribution in [2.75, 3.05) is 6.54 Å². The van der Waals surface area contributed by atoms with E-state index in [1.165, 1.54) is 18.2 Å². The summed E-state index contributed by atoms with van der Waals surface area (Å²) in [6.45, 7) is -1.02. The molecule has 0 spiro atoms. The average Bonchev–Trinajstić information content (AvgIpc) is 2.98. The van der Waals surface area contributed by atoms with Crippen molar-refractivity contribution in [1.29, 1.82) is 0 Å². The second-order valence-corrected chi connectivity index (χ2v) is 4.76. The fraction of sp³-hybridized carbons (Fsp3) is 0.250. The highest BCUT2D eigenvalue weighted by Gasteiger charge is 2.55. The summed E-state index contributed by atoms with van der Waals surface area (Å²) in [5.41, 5.74) is -3.63. The first-order valence-electron chi connectivity index (χ1n) is 5.75. The largest absolute Gasteiger partial charge is 0.423 e. The van der Waals surface area contributed by atoms with E-state index in [4.69, 9.17) is 0 Å². The van der Waals surface area contributed by atoms with Gasteiger partial charge in [0.25, 0.3) is 5.91 Å². The lowest BCUT2D eigenvalue weighted by Gasteiger charge is -2.31. The van der Waals surface area contributed by atoms with Crippen molar-refractivity contribution in [3.8, 4) is 0 Å². The van der Waals surface area contributed by atoms with Crippen LogP contribution in [0.4, 0.5) is 13.2 Å². The number of nitrogens with zero attached hydrogens (tertiary/aromatic N) is 2. The van der Waals surface area contributed by atoms with Crippen LogP contribution in [0.15, 0.2) is 36.5 Å². The minimum absolute atomic E-state index is 0.0995. The predicted molar refractivity (Wildman–Crippen MR) is 68.6 cm³/mol. The number of aromatic nitrogens is 2. The minimum Gasteiger partial charge on any atom is -0.375 e. The van der Waals surface area contributed by atoms with E-state index < -0.39 is 24.2 Å². The van der Waals surface area contributed by atoms with Crippen LogP contribution in [-0.4, -0.2) is 32.5 Å². The smallest absolute Gasteiger partial charge is 0.375 e. The Morgan fingerprint density at radius 1 is 1.29 bits per heavy atom. The zero-order chi connectivity index (χ0) is 15.5. The van der Waals surface area contributed by atoms with Gasteiger partial charge in [-0.2, -0.15) is 21.9 Å². The molecule has 1 aromatic carbocycles. The standard InChI is InChI=1S/C12H10F3N3O2S/c13-12(14,15)11(20,8-4-2-1-3-5-8)7-16-10(19)9-6-17-21-18-9/h1-6,20H,7H2,(H,16,19). The molecule has 0 saturated heterocycles. The molecule has 0 saturated carbocycles. The first-order valence-corrected chi connectivity index (χ1v) is 6.48. The molecule has 0 radical (unpaired) electrons. The molecule has 1 unspecified atom stereocenters. The average molecular weight is 317 g/mol. The molecular formula is C12H10F3N3O2S. The van der Waals surface area contributed by atoms with Crippen molar-refractivity contribution >= 4 is 17.6 Å². The van der Waals surface area contributed by atoms with Crippen molar-refractivity contribution in [3.05, 3.63) is 47.8 Å². The summed E-state index contributed by atoms with van der Waals surface area (Å²) in [5.74, 6) is -0.831. The topological polar surface area (TPSA) is 75.1 Å². The van der Waals surface area contributed by atoms with Crippen molar-refractivity contribution in [2.45, 2.75) is 11.8 Å². The van der Waals surface area contributed by atoms with Crippen LogP contribution >= 0.6 is 11.7 Å². The zero-order valence-corrected chi connectivity index (χ0v) is 11.3. The number of alkyl halides is 3. The van der Waals surface area contributed by atoms with Crippen molar-refractivity contribution in [1.82, 2.24) is 14.1 Å². The van der Waals surface area contributed by atoms with Gasteiger partial charge in [0, 0.05) is 0 Å². The van der Waals surface area contributed by atoms with Crippen LogP contribution in [0.2, 0.25) is 0 Å². The summed E-state index contributed by atoms with van der Waals surface area (Å²) in [6.07, 6.45) is -3.81. The molecule has 0 aliphatic heterocycles. The summed E-state index contributed by atoms with van der Waals surface area (Å²) in [5, 5.41) is 12.0. The third-order valence-corrected chi connectivity index (χ3v) is 3.30. The number of hydrogen-bond acceptors (Lipinski definition) is 5. The molecule has 9 heteroatoms. The van der Waals surface area contributed by atoms with Gasteiger partial charge in [0.2, 0.25) is 5.60 Å². The van der Waals surface area contributed by atoms with Crippen LogP contribution in [-0.2, 0) is 5.60 Å². The summed E-state index contributed by atoms with van der Waals surface area (Å²) < 4.78 is 46.7. The van der Waals surface area contributed by atoms with E-state index in [-0.39, 0.29) is 11.3 Å². The Balaban J connectivity index is 2.20. The number of rotatable bonds is 4. The van der Waals surface area contributed by atoms with Gasteiger partial charge < -0.3 is 10.4 Å². The van der Waals surface area contributed by atoms with Crippen LogP contribution in [0, 0.1) is 0 Å². The first kappa shape index (κ1) is 15.4. The molecule has 0 aliphatic rings. The maximum absolute atomic E-state index is 13.2. The molecule has 21 heavy (non-hydrogen) atoms. The van der Waals surface area contributed by atoms with Crippen molar-refractivity contribution in [3.63, 3.8) is 0 Å². The third kappa shape index (κ3) is 3.19. The molecule has 112 valence electrons. The van der Waals surface area contributed by atoms with Gasteiger partial charge in [-0.25, -0.2) is 0 Å². The Morgan fingerprint density at radius 3 is 2.48 bits per heavy atom. The number of halogens is 3. The quantitative estimate of drug-likeness (QED) is 0.900. The molecule has 5 nitrogen and oxygen atoms in total. The summed E-state index contributed by atoms with van der Waals surface area (Å²) >= 11 is 0.758. The van der Waals surface area contributed by atoms with Crippen LogP contribution in [0.25, 0.3) is 0 Å². The predicted octanol–water partition coefficient (Wildman–Crippen LogP) is 1.72. The number of aliphatic hydroxyl groups is 1. The highest BCUT2D eigenvalue weighted by Crippen LogP contribution is 2.38. The van der Waals surface area contributed by atoms with Gasteiger partial charge in [-0.1, -0.05) is 30.3 Å². The molecule has 0 aliphatic carbocycles. The molecule has 1 aromatic heterocycles. The van der Waals surface area contributed by atoms with Crippen molar-refractivity contribution in [2.24, 2.45) is 0 Å². The molecule has 1 heterocycles. The van der Waals surface area contributed by atoms with E-state index in [0.29, 0.717) is 0 Å². The number of amides is 1. The van der Waals surface area contributed by atoms with Gasteiger partial charge >= 0.3 is 6.18 Å². The van der Waals surface area contributed by atoms with Crippen LogP contribution in [0.5, 0.6) is 0 Å². The maximum Gasteiger partial charge on any atom is 0.423 e. The van der Waals surface area contributed by atoms with Crippen LogP contribution in [0.3, 0.4) is 0 Å². The molecule has 0 fully saturated rings. The van der Waals surface area contributed by atoms with E-state index in [9.17, 15) is 23.1 Å². The van der Waals surface area contributed by atoms with Gasteiger partial charge in [0.1, 0.15) is 0 Å². The highest BCUT2D eigenvalue weighted by atomic mass is 32.1. The highest BCUT2D eigenvalue weighted by molar-refractivity contribution is 6.99. The summed E-state index contributed by atoms with van der Waals surface area (Å²) in [7, 11) is 0.